The fraction of sp³-hybridized carbons (Fsp3) is 0.167. The van der Waals surface area contributed by atoms with Gasteiger partial charge in [0.15, 0.2) is 4.34 Å². The Morgan fingerprint density at radius 2 is 2.00 bits per heavy atom. The van der Waals surface area contributed by atoms with Gasteiger partial charge in [0.1, 0.15) is 5.75 Å². The monoisotopic (exact) mass is 415 g/mol. The molecule has 0 radical (unpaired) electrons. The van der Waals surface area contributed by atoms with E-state index >= 15 is 0 Å². The molecule has 0 aliphatic heterocycles. The highest BCUT2D eigenvalue weighted by Gasteiger charge is 2.14. The highest BCUT2D eigenvalue weighted by Crippen LogP contribution is 2.23. The summed E-state index contributed by atoms with van der Waals surface area (Å²) in [6.45, 7) is 0.416. The number of rotatable bonds is 8. The number of amides is 2. The van der Waals surface area contributed by atoms with Gasteiger partial charge in [0.25, 0.3) is 5.91 Å². The third-order valence-electron chi connectivity index (χ3n) is 3.49. The van der Waals surface area contributed by atoms with E-state index in [-0.39, 0.29) is 22.6 Å². The maximum Gasteiger partial charge on any atom is 0.286 e. The van der Waals surface area contributed by atoms with Crippen molar-refractivity contribution in [3.05, 3.63) is 59.4 Å². The fourth-order valence-corrected chi connectivity index (χ4v) is 3.68. The standard InChI is InChI=1S/C18H17N5O3S2/c1-26-14-6-4-13(5-7-14)21-16(25)17-22-23-18(28-17)27-11-15(24)20-10-12-3-2-8-19-9-12/h2-9H,10-11H2,1H3,(H,20,24)(H,21,25). The van der Waals surface area contributed by atoms with E-state index in [1.54, 1.807) is 43.8 Å². The SMILES string of the molecule is COc1ccc(NC(=O)c2nnc(SCC(=O)NCc3cccnc3)s2)cc1. The number of thioether (sulfide) groups is 1. The van der Waals surface area contributed by atoms with E-state index in [9.17, 15) is 9.59 Å². The maximum absolute atomic E-state index is 12.3. The van der Waals surface area contributed by atoms with Crippen LogP contribution in [-0.4, -0.2) is 39.9 Å². The van der Waals surface area contributed by atoms with Gasteiger partial charge in [0.05, 0.1) is 12.9 Å². The minimum Gasteiger partial charge on any atom is -0.497 e. The smallest absolute Gasteiger partial charge is 0.286 e. The van der Waals surface area contributed by atoms with Crippen LogP contribution in [0.1, 0.15) is 15.4 Å². The predicted molar refractivity (Wildman–Crippen MR) is 108 cm³/mol. The molecule has 0 atom stereocenters. The number of methoxy groups -OCH3 is 1. The van der Waals surface area contributed by atoms with E-state index in [0.29, 0.717) is 22.3 Å². The second-order valence-electron chi connectivity index (χ2n) is 5.48. The van der Waals surface area contributed by atoms with Crippen molar-refractivity contribution in [2.24, 2.45) is 0 Å². The number of nitrogens with one attached hydrogen (secondary N) is 2. The molecule has 3 aromatic rings. The van der Waals surface area contributed by atoms with Crippen molar-refractivity contribution in [1.82, 2.24) is 20.5 Å². The number of anilines is 1. The molecule has 2 N–H and O–H groups in total. The first kappa shape index (κ1) is 19.8. The van der Waals surface area contributed by atoms with Gasteiger partial charge < -0.3 is 15.4 Å². The summed E-state index contributed by atoms with van der Waals surface area (Å²) in [4.78, 5) is 28.2. The summed E-state index contributed by atoms with van der Waals surface area (Å²) < 4.78 is 5.63. The van der Waals surface area contributed by atoms with Crippen molar-refractivity contribution in [2.45, 2.75) is 10.9 Å². The lowest BCUT2D eigenvalue weighted by atomic mass is 10.3. The predicted octanol–water partition coefficient (Wildman–Crippen LogP) is 2.60. The minimum absolute atomic E-state index is 0.131. The number of nitrogens with zero attached hydrogens (tertiary/aromatic N) is 3. The molecule has 0 saturated heterocycles. The molecule has 144 valence electrons. The summed E-state index contributed by atoms with van der Waals surface area (Å²) in [5, 5.41) is 13.6. The van der Waals surface area contributed by atoms with Gasteiger partial charge in [-0.3, -0.25) is 14.6 Å². The Morgan fingerprint density at radius 3 is 2.71 bits per heavy atom. The molecule has 0 saturated carbocycles. The Morgan fingerprint density at radius 1 is 1.18 bits per heavy atom. The number of aromatic nitrogens is 3. The number of carbonyl (C=O) groups is 2. The molecule has 0 aliphatic rings. The third-order valence-corrected chi connectivity index (χ3v) is 5.54. The first-order chi connectivity index (χ1) is 13.6. The Bertz CT molecular complexity index is 932. The number of carbonyl (C=O) groups excluding carboxylic acids is 2. The van der Waals surface area contributed by atoms with Crippen LogP contribution >= 0.6 is 23.1 Å². The summed E-state index contributed by atoms with van der Waals surface area (Å²) in [6, 6.07) is 10.7. The zero-order valence-corrected chi connectivity index (χ0v) is 16.5. The minimum atomic E-state index is -0.351. The molecule has 0 bridgehead atoms. The molecule has 2 heterocycles. The molecule has 3 rings (SSSR count). The maximum atomic E-state index is 12.3. The highest BCUT2D eigenvalue weighted by molar-refractivity contribution is 8.01. The average Bonchev–Trinajstić information content (AvgIpc) is 3.21. The number of hydrogen-bond acceptors (Lipinski definition) is 8. The van der Waals surface area contributed by atoms with Crippen LogP contribution in [0.2, 0.25) is 0 Å². The van der Waals surface area contributed by atoms with E-state index in [0.717, 1.165) is 16.9 Å². The molecule has 0 fully saturated rings. The molecule has 2 aromatic heterocycles. The van der Waals surface area contributed by atoms with Crippen LogP contribution in [0.5, 0.6) is 5.75 Å². The topological polar surface area (TPSA) is 106 Å². The Hall–Kier alpha value is -2.98. The van der Waals surface area contributed by atoms with Crippen LogP contribution in [-0.2, 0) is 11.3 Å². The zero-order chi connectivity index (χ0) is 19.8. The molecule has 2 amide bonds. The van der Waals surface area contributed by atoms with E-state index in [1.807, 2.05) is 12.1 Å². The van der Waals surface area contributed by atoms with Gasteiger partial charge in [-0.1, -0.05) is 29.2 Å². The van der Waals surface area contributed by atoms with Crippen LogP contribution in [0.4, 0.5) is 5.69 Å². The molecule has 0 spiro atoms. The van der Waals surface area contributed by atoms with E-state index in [1.165, 1.54) is 11.8 Å². The highest BCUT2D eigenvalue weighted by atomic mass is 32.2. The molecule has 0 unspecified atom stereocenters. The lowest BCUT2D eigenvalue weighted by molar-refractivity contribution is -0.118. The first-order valence-electron chi connectivity index (χ1n) is 8.21. The summed E-state index contributed by atoms with van der Waals surface area (Å²) in [5.41, 5.74) is 1.55. The summed E-state index contributed by atoms with van der Waals surface area (Å²) >= 11 is 2.37. The molecule has 1 aromatic carbocycles. The van der Waals surface area contributed by atoms with E-state index in [2.05, 4.69) is 25.8 Å². The van der Waals surface area contributed by atoms with Crippen molar-refractivity contribution in [2.75, 3.05) is 18.2 Å². The van der Waals surface area contributed by atoms with Crippen molar-refractivity contribution in [1.29, 1.82) is 0 Å². The van der Waals surface area contributed by atoms with E-state index < -0.39 is 0 Å². The largest absolute Gasteiger partial charge is 0.497 e. The van der Waals surface area contributed by atoms with Gasteiger partial charge in [0.2, 0.25) is 10.9 Å². The molecule has 28 heavy (non-hydrogen) atoms. The molecule has 0 aliphatic carbocycles. The van der Waals surface area contributed by atoms with Crippen LogP contribution in [0.3, 0.4) is 0 Å². The van der Waals surface area contributed by atoms with E-state index in [4.69, 9.17) is 4.74 Å². The third kappa shape index (κ3) is 5.76. The first-order valence-corrected chi connectivity index (χ1v) is 10.0. The van der Waals surface area contributed by atoms with Gasteiger partial charge in [-0.05, 0) is 35.9 Å². The van der Waals surface area contributed by atoms with Crippen LogP contribution in [0.15, 0.2) is 53.1 Å². The van der Waals surface area contributed by atoms with Crippen LogP contribution in [0, 0.1) is 0 Å². The van der Waals surface area contributed by atoms with Crippen molar-refractivity contribution < 1.29 is 14.3 Å². The molecular formula is C18H17N5O3S2. The number of pyridine rings is 1. The Balaban J connectivity index is 1.46. The second kappa shape index (κ2) is 9.81. The number of hydrogen-bond donors (Lipinski definition) is 2. The average molecular weight is 416 g/mol. The normalized spacial score (nSPS) is 10.3. The number of ether oxygens (including phenoxy) is 1. The van der Waals surface area contributed by atoms with Crippen molar-refractivity contribution in [3.63, 3.8) is 0 Å². The van der Waals surface area contributed by atoms with Gasteiger partial charge in [-0.15, -0.1) is 10.2 Å². The lowest BCUT2D eigenvalue weighted by Crippen LogP contribution is -2.24. The summed E-state index contributed by atoms with van der Waals surface area (Å²) in [6.07, 6.45) is 3.38. The van der Waals surface area contributed by atoms with Gasteiger partial charge in [-0.25, -0.2) is 0 Å². The van der Waals surface area contributed by atoms with Gasteiger partial charge in [-0.2, -0.15) is 0 Å². The van der Waals surface area contributed by atoms with Crippen molar-refractivity contribution >= 4 is 40.6 Å². The quantitative estimate of drug-likeness (QED) is 0.545. The zero-order valence-electron chi connectivity index (χ0n) is 14.9. The Kier molecular flexibility index (Phi) is 6.93. The second-order valence-corrected chi connectivity index (χ2v) is 7.68. The molecule has 8 nitrogen and oxygen atoms in total. The number of benzene rings is 1. The molecule has 10 heteroatoms. The van der Waals surface area contributed by atoms with Crippen LogP contribution in [0.25, 0.3) is 0 Å². The van der Waals surface area contributed by atoms with Gasteiger partial charge in [0, 0.05) is 24.6 Å². The summed E-state index contributed by atoms with van der Waals surface area (Å²) in [7, 11) is 1.58. The van der Waals surface area contributed by atoms with Gasteiger partial charge >= 0.3 is 0 Å². The lowest BCUT2D eigenvalue weighted by Gasteiger charge is -2.04. The van der Waals surface area contributed by atoms with Crippen LogP contribution < -0.4 is 15.4 Å². The fourth-order valence-electron chi connectivity index (χ4n) is 2.10. The van der Waals surface area contributed by atoms with Crippen molar-refractivity contribution in [3.8, 4) is 5.75 Å². The molecular weight excluding hydrogens is 398 g/mol. The summed E-state index contributed by atoms with van der Waals surface area (Å²) in [5.74, 6) is 0.410. The Labute approximate surface area is 169 Å².